The number of nitrogens with two attached hydrogens (primary N) is 1. The van der Waals surface area contributed by atoms with Crippen molar-refractivity contribution in [2.75, 3.05) is 13.7 Å². The minimum atomic E-state index is -1.04. The van der Waals surface area contributed by atoms with Crippen molar-refractivity contribution >= 4 is 18.0 Å². The molecule has 0 bridgehead atoms. The van der Waals surface area contributed by atoms with Gasteiger partial charge in [0.25, 0.3) is 5.91 Å². The average Bonchev–Trinajstić information content (AvgIpc) is 2.34. The van der Waals surface area contributed by atoms with E-state index in [1.54, 1.807) is 18.2 Å². The van der Waals surface area contributed by atoms with Crippen molar-refractivity contribution in [3.63, 3.8) is 0 Å². The molecule has 1 amide bonds. The summed E-state index contributed by atoms with van der Waals surface area (Å²) in [6.45, 7) is -0.249. The molecule has 3 N–H and O–H groups in total. The lowest BCUT2D eigenvalue weighted by Crippen LogP contribution is -2.20. The monoisotopic (exact) mass is 251 g/mol. The van der Waals surface area contributed by atoms with Crippen molar-refractivity contribution in [2.45, 2.75) is 0 Å². The van der Waals surface area contributed by atoms with Gasteiger partial charge in [0.15, 0.2) is 18.1 Å². The van der Waals surface area contributed by atoms with E-state index in [0.29, 0.717) is 17.1 Å². The van der Waals surface area contributed by atoms with Crippen LogP contribution < -0.4 is 15.2 Å². The Hall–Kier alpha value is -2.50. The lowest BCUT2D eigenvalue weighted by molar-refractivity contribution is -0.131. The van der Waals surface area contributed by atoms with Crippen LogP contribution in [0.1, 0.15) is 5.56 Å². The van der Waals surface area contributed by atoms with Crippen LogP contribution >= 0.6 is 0 Å². The first kappa shape index (κ1) is 13.6. The van der Waals surface area contributed by atoms with Crippen LogP contribution in [0.3, 0.4) is 0 Å². The second-order valence-corrected chi connectivity index (χ2v) is 3.34. The van der Waals surface area contributed by atoms with Crippen molar-refractivity contribution in [2.24, 2.45) is 5.73 Å². The lowest BCUT2D eigenvalue weighted by Gasteiger charge is -2.09. The number of primary amides is 1. The highest BCUT2D eigenvalue weighted by molar-refractivity contribution is 5.85. The second kappa shape index (κ2) is 6.29. The van der Waals surface area contributed by atoms with Gasteiger partial charge in [0.1, 0.15) is 0 Å². The smallest absolute Gasteiger partial charge is 0.328 e. The molecule has 6 nitrogen and oxygen atoms in total. The molecule has 0 aliphatic carbocycles. The minimum Gasteiger partial charge on any atom is -0.493 e. The summed E-state index contributed by atoms with van der Waals surface area (Å²) in [6, 6.07) is 4.80. The zero-order valence-corrected chi connectivity index (χ0v) is 9.75. The molecule has 0 saturated heterocycles. The van der Waals surface area contributed by atoms with Crippen molar-refractivity contribution < 1.29 is 24.2 Å². The van der Waals surface area contributed by atoms with E-state index < -0.39 is 11.9 Å². The number of carbonyl (C=O) groups is 2. The molecule has 1 aromatic carbocycles. The third kappa shape index (κ3) is 4.17. The highest BCUT2D eigenvalue weighted by atomic mass is 16.5. The first-order valence-electron chi connectivity index (χ1n) is 5.03. The van der Waals surface area contributed by atoms with E-state index in [0.717, 1.165) is 6.08 Å². The zero-order valence-electron chi connectivity index (χ0n) is 9.75. The number of aliphatic carboxylic acids is 1. The van der Waals surface area contributed by atoms with Crippen molar-refractivity contribution in [3.05, 3.63) is 29.8 Å². The van der Waals surface area contributed by atoms with Gasteiger partial charge in [-0.15, -0.1) is 0 Å². The van der Waals surface area contributed by atoms with Crippen LogP contribution in [-0.4, -0.2) is 30.7 Å². The molecule has 0 atom stereocenters. The number of benzene rings is 1. The van der Waals surface area contributed by atoms with Gasteiger partial charge in [0, 0.05) is 6.08 Å². The second-order valence-electron chi connectivity index (χ2n) is 3.34. The zero-order chi connectivity index (χ0) is 13.5. The maximum atomic E-state index is 10.6. The molecular formula is C12H13NO5. The third-order valence-electron chi connectivity index (χ3n) is 1.98. The topological polar surface area (TPSA) is 98.8 Å². The Balaban J connectivity index is 2.89. The first-order chi connectivity index (χ1) is 8.52. The van der Waals surface area contributed by atoms with Crippen LogP contribution in [0.5, 0.6) is 11.5 Å². The number of hydrogen-bond acceptors (Lipinski definition) is 4. The van der Waals surface area contributed by atoms with E-state index in [1.807, 2.05) is 0 Å². The molecule has 0 saturated carbocycles. The Labute approximate surface area is 104 Å². The standard InChI is InChI=1S/C12H13NO5/c1-17-10-6-8(3-5-12(15)16)2-4-9(10)18-7-11(13)14/h2-6H,7H2,1H3,(H2,13,14)(H,15,16). The summed E-state index contributed by atoms with van der Waals surface area (Å²) < 4.78 is 10.2. The van der Waals surface area contributed by atoms with Gasteiger partial charge in [0.05, 0.1) is 7.11 Å². The van der Waals surface area contributed by atoms with Crippen molar-refractivity contribution in [1.82, 2.24) is 0 Å². The Morgan fingerprint density at radius 2 is 2.11 bits per heavy atom. The molecule has 0 aromatic heterocycles. The van der Waals surface area contributed by atoms with Gasteiger partial charge >= 0.3 is 5.97 Å². The van der Waals surface area contributed by atoms with Crippen LogP contribution in [0.2, 0.25) is 0 Å². The van der Waals surface area contributed by atoms with Crippen molar-refractivity contribution in [1.29, 1.82) is 0 Å². The van der Waals surface area contributed by atoms with Crippen LogP contribution in [0.4, 0.5) is 0 Å². The third-order valence-corrected chi connectivity index (χ3v) is 1.98. The quantitative estimate of drug-likeness (QED) is 0.723. The summed E-state index contributed by atoms with van der Waals surface area (Å²) in [4.78, 5) is 21.0. The normalized spacial score (nSPS) is 10.3. The number of rotatable bonds is 6. The van der Waals surface area contributed by atoms with E-state index in [9.17, 15) is 9.59 Å². The molecule has 0 unspecified atom stereocenters. The van der Waals surface area contributed by atoms with Gasteiger partial charge in [-0.05, 0) is 23.8 Å². The summed E-state index contributed by atoms with van der Waals surface area (Å²) in [5, 5.41) is 8.51. The first-order valence-corrected chi connectivity index (χ1v) is 5.03. The number of carboxylic acids is 1. The fourth-order valence-electron chi connectivity index (χ4n) is 1.22. The molecule has 0 aliphatic rings. The van der Waals surface area contributed by atoms with E-state index in [2.05, 4.69) is 0 Å². The van der Waals surface area contributed by atoms with Gasteiger partial charge in [-0.2, -0.15) is 0 Å². The Bertz CT molecular complexity index is 481. The predicted molar refractivity (Wildman–Crippen MR) is 64.4 cm³/mol. The fraction of sp³-hybridized carbons (Fsp3) is 0.167. The largest absolute Gasteiger partial charge is 0.493 e. The molecule has 0 fully saturated rings. The molecule has 0 heterocycles. The number of ether oxygens (including phenoxy) is 2. The maximum absolute atomic E-state index is 10.6. The fourth-order valence-corrected chi connectivity index (χ4v) is 1.22. The van der Waals surface area contributed by atoms with Gasteiger partial charge in [-0.1, -0.05) is 6.07 Å². The van der Waals surface area contributed by atoms with Crippen LogP contribution in [0.15, 0.2) is 24.3 Å². The van der Waals surface area contributed by atoms with Gasteiger partial charge in [-0.3, -0.25) is 4.79 Å². The van der Waals surface area contributed by atoms with Crippen LogP contribution in [0.25, 0.3) is 6.08 Å². The Morgan fingerprint density at radius 3 is 2.67 bits per heavy atom. The number of methoxy groups -OCH3 is 1. The molecule has 0 spiro atoms. The Kier molecular flexibility index (Phi) is 4.74. The summed E-state index contributed by atoms with van der Waals surface area (Å²) in [6.07, 6.45) is 2.43. The Morgan fingerprint density at radius 1 is 1.39 bits per heavy atom. The van der Waals surface area contributed by atoms with E-state index in [4.69, 9.17) is 20.3 Å². The summed E-state index contributed by atoms with van der Waals surface area (Å²) in [5.74, 6) is -0.873. The number of hydrogen-bond donors (Lipinski definition) is 2. The van der Waals surface area contributed by atoms with Gasteiger partial charge in [-0.25, -0.2) is 4.79 Å². The molecule has 6 heteroatoms. The van der Waals surface area contributed by atoms with Gasteiger partial charge in [0.2, 0.25) is 0 Å². The number of amides is 1. The highest BCUT2D eigenvalue weighted by Crippen LogP contribution is 2.28. The van der Waals surface area contributed by atoms with E-state index in [1.165, 1.54) is 13.2 Å². The van der Waals surface area contributed by atoms with Crippen LogP contribution in [-0.2, 0) is 9.59 Å². The molecule has 1 aromatic rings. The lowest BCUT2D eigenvalue weighted by atomic mass is 10.2. The molecule has 18 heavy (non-hydrogen) atoms. The number of carboxylic acid groups (broad SMARTS) is 1. The summed E-state index contributed by atoms with van der Waals surface area (Å²) in [7, 11) is 1.44. The summed E-state index contributed by atoms with van der Waals surface area (Å²) >= 11 is 0. The maximum Gasteiger partial charge on any atom is 0.328 e. The van der Waals surface area contributed by atoms with Crippen LogP contribution in [0, 0.1) is 0 Å². The average molecular weight is 251 g/mol. The molecule has 1 rings (SSSR count). The molecular weight excluding hydrogens is 238 g/mol. The van der Waals surface area contributed by atoms with E-state index >= 15 is 0 Å². The molecule has 0 aliphatic heterocycles. The highest BCUT2D eigenvalue weighted by Gasteiger charge is 2.06. The van der Waals surface area contributed by atoms with Gasteiger partial charge < -0.3 is 20.3 Å². The number of carbonyl (C=O) groups excluding carboxylic acids is 1. The SMILES string of the molecule is COc1cc(C=CC(=O)O)ccc1OCC(N)=O. The molecule has 0 radical (unpaired) electrons. The van der Waals surface area contributed by atoms with Crippen molar-refractivity contribution in [3.8, 4) is 11.5 Å². The summed E-state index contributed by atoms with van der Waals surface area (Å²) in [5.41, 5.74) is 5.60. The minimum absolute atomic E-state index is 0.249. The predicted octanol–water partition coefficient (Wildman–Crippen LogP) is 0.657. The molecule has 96 valence electrons. The van der Waals surface area contributed by atoms with E-state index in [-0.39, 0.29) is 6.61 Å².